The van der Waals surface area contributed by atoms with Gasteiger partial charge in [0.25, 0.3) is 0 Å². The average molecular weight is 389 g/mol. The van der Waals surface area contributed by atoms with Gasteiger partial charge in [0.2, 0.25) is 5.91 Å². The number of rotatable bonds is 6. The number of nitrogens with one attached hydrogen (secondary N) is 1. The van der Waals surface area contributed by atoms with Gasteiger partial charge in [-0.1, -0.05) is 18.2 Å². The molecule has 0 fully saturated rings. The third-order valence-electron chi connectivity index (χ3n) is 4.61. The molecular formula is C23H23N3O3. The van der Waals surface area contributed by atoms with Crippen LogP contribution in [0.5, 0.6) is 11.5 Å². The molecule has 3 aromatic rings. The summed E-state index contributed by atoms with van der Waals surface area (Å²) in [6.45, 7) is 4.46. The lowest BCUT2D eigenvalue weighted by Gasteiger charge is -2.12. The van der Waals surface area contributed by atoms with Gasteiger partial charge < -0.3 is 14.8 Å². The molecular weight excluding hydrogens is 366 g/mol. The molecule has 0 bridgehead atoms. The van der Waals surface area contributed by atoms with Gasteiger partial charge in [-0.15, -0.1) is 0 Å². The number of aromatic nitrogens is 2. The highest BCUT2D eigenvalue weighted by molar-refractivity contribution is 6.03. The molecule has 1 aliphatic rings. The van der Waals surface area contributed by atoms with Crippen molar-refractivity contribution >= 4 is 17.7 Å². The number of hydrogen-bond acceptors (Lipinski definition) is 4. The van der Waals surface area contributed by atoms with Crippen LogP contribution in [0.2, 0.25) is 0 Å². The van der Waals surface area contributed by atoms with Crippen LogP contribution in [0.4, 0.5) is 5.69 Å². The van der Waals surface area contributed by atoms with E-state index in [-0.39, 0.29) is 12.0 Å². The third-order valence-corrected chi connectivity index (χ3v) is 4.61. The number of nitrogens with zero attached hydrogens (tertiary/aromatic N) is 2. The average Bonchev–Trinajstić information content (AvgIpc) is 3.33. The number of para-hydroxylation sites is 1. The first-order valence-electron chi connectivity index (χ1n) is 9.68. The highest BCUT2D eigenvalue weighted by Gasteiger charge is 2.22. The fraction of sp³-hybridized carbons (Fsp3) is 0.217. The molecule has 1 aliphatic heterocycles. The summed E-state index contributed by atoms with van der Waals surface area (Å²) >= 11 is 0. The Balaban J connectivity index is 1.47. The van der Waals surface area contributed by atoms with E-state index in [4.69, 9.17) is 9.47 Å². The molecule has 2 aromatic carbocycles. The summed E-state index contributed by atoms with van der Waals surface area (Å²) in [5.74, 6) is 1.20. The summed E-state index contributed by atoms with van der Waals surface area (Å²) in [7, 11) is 0. The van der Waals surface area contributed by atoms with Crippen molar-refractivity contribution < 1.29 is 14.3 Å². The zero-order valence-electron chi connectivity index (χ0n) is 16.5. The zero-order chi connectivity index (χ0) is 20.2. The van der Waals surface area contributed by atoms with Crippen molar-refractivity contribution in [3.63, 3.8) is 0 Å². The molecule has 0 saturated heterocycles. The normalized spacial score (nSPS) is 15.2. The van der Waals surface area contributed by atoms with Gasteiger partial charge in [-0.05, 0) is 38.1 Å². The first-order valence-corrected chi connectivity index (χ1v) is 9.68. The van der Waals surface area contributed by atoms with Crippen LogP contribution in [0.15, 0.2) is 60.9 Å². The minimum Gasteiger partial charge on any atom is -0.492 e. The molecule has 6 heteroatoms. The number of hydrogen-bond donors (Lipinski definition) is 1. The Labute approximate surface area is 169 Å². The van der Waals surface area contributed by atoms with Crippen molar-refractivity contribution in [3.05, 3.63) is 72.1 Å². The van der Waals surface area contributed by atoms with E-state index in [0.717, 1.165) is 29.0 Å². The minimum absolute atomic E-state index is 0.131. The van der Waals surface area contributed by atoms with E-state index in [0.29, 0.717) is 18.0 Å². The van der Waals surface area contributed by atoms with Gasteiger partial charge in [0.05, 0.1) is 24.2 Å². The van der Waals surface area contributed by atoms with Crippen LogP contribution in [-0.4, -0.2) is 28.4 Å². The quantitative estimate of drug-likeness (QED) is 0.640. The first-order chi connectivity index (χ1) is 14.1. The summed E-state index contributed by atoms with van der Waals surface area (Å²) in [4.78, 5) is 12.5. The number of carbonyl (C=O) groups excluding carboxylic acids is 1. The van der Waals surface area contributed by atoms with Gasteiger partial charge >= 0.3 is 0 Å². The van der Waals surface area contributed by atoms with E-state index in [9.17, 15) is 4.79 Å². The van der Waals surface area contributed by atoms with Crippen LogP contribution in [0.3, 0.4) is 0 Å². The van der Waals surface area contributed by atoms with Gasteiger partial charge in [-0.25, -0.2) is 4.68 Å². The molecule has 0 spiro atoms. The molecule has 29 heavy (non-hydrogen) atoms. The van der Waals surface area contributed by atoms with Gasteiger partial charge in [0.1, 0.15) is 17.6 Å². The van der Waals surface area contributed by atoms with Crippen LogP contribution in [-0.2, 0) is 11.2 Å². The lowest BCUT2D eigenvalue weighted by Crippen LogP contribution is -2.10. The van der Waals surface area contributed by atoms with E-state index in [1.165, 1.54) is 6.08 Å². The van der Waals surface area contributed by atoms with Crippen molar-refractivity contribution in [2.24, 2.45) is 0 Å². The largest absolute Gasteiger partial charge is 0.492 e. The predicted molar refractivity (Wildman–Crippen MR) is 113 cm³/mol. The summed E-state index contributed by atoms with van der Waals surface area (Å²) in [6.07, 6.45) is 7.77. The second-order valence-electron chi connectivity index (χ2n) is 6.90. The number of fused-ring (bicyclic) bond motifs is 1. The summed E-state index contributed by atoms with van der Waals surface area (Å²) in [5.41, 5.74) is 3.50. The maximum absolute atomic E-state index is 12.5. The summed E-state index contributed by atoms with van der Waals surface area (Å²) in [5, 5.41) is 7.22. The lowest BCUT2D eigenvalue weighted by atomic mass is 10.1. The topological polar surface area (TPSA) is 65.4 Å². The lowest BCUT2D eigenvalue weighted by molar-refractivity contribution is -0.111. The van der Waals surface area contributed by atoms with E-state index in [1.807, 2.05) is 62.5 Å². The maximum Gasteiger partial charge on any atom is 0.248 e. The Bertz CT molecular complexity index is 1040. The summed E-state index contributed by atoms with van der Waals surface area (Å²) in [6, 6.07) is 13.6. The highest BCUT2D eigenvalue weighted by Crippen LogP contribution is 2.38. The van der Waals surface area contributed by atoms with E-state index in [2.05, 4.69) is 10.4 Å². The van der Waals surface area contributed by atoms with Crippen molar-refractivity contribution in [3.8, 4) is 17.2 Å². The molecule has 4 rings (SSSR count). The Morgan fingerprint density at radius 1 is 1.34 bits per heavy atom. The van der Waals surface area contributed by atoms with Crippen molar-refractivity contribution in [2.75, 3.05) is 11.9 Å². The van der Waals surface area contributed by atoms with Crippen molar-refractivity contribution in [1.82, 2.24) is 9.78 Å². The fourth-order valence-corrected chi connectivity index (χ4v) is 3.30. The fourth-order valence-electron chi connectivity index (χ4n) is 3.30. The van der Waals surface area contributed by atoms with Gasteiger partial charge in [-0.3, -0.25) is 4.79 Å². The maximum atomic E-state index is 12.5. The number of benzene rings is 2. The van der Waals surface area contributed by atoms with Crippen LogP contribution >= 0.6 is 0 Å². The third kappa shape index (κ3) is 4.32. The van der Waals surface area contributed by atoms with E-state index < -0.39 is 0 Å². The van der Waals surface area contributed by atoms with Crippen LogP contribution in [0, 0.1) is 0 Å². The molecule has 1 N–H and O–H groups in total. The zero-order valence-corrected chi connectivity index (χ0v) is 16.5. The molecule has 6 nitrogen and oxygen atoms in total. The molecule has 0 aliphatic carbocycles. The molecule has 0 saturated carbocycles. The molecule has 148 valence electrons. The molecule has 1 aromatic heterocycles. The monoisotopic (exact) mass is 389 g/mol. The van der Waals surface area contributed by atoms with Gasteiger partial charge in [0, 0.05) is 35.9 Å². The number of amides is 1. The SMILES string of the molecule is CCOc1cc2c(cc1NC(=O)/C=C/c1cnn(-c3ccccc3)c1)OC(C)C2. The Kier molecular flexibility index (Phi) is 5.33. The Morgan fingerprint density at radius 3 is 2.97 bits per heavy atom. The van der Waals surface area contributed by atoms with E-state index >= 15 is 0 Å². The number of ether oxygens (including phenoxy) is 2. The van der Waals surface area contributed by atoms with Crippen LogP contribution < -0.4 is 14.8 Å². The van der Waals surface area contributed by atoms with Crippen molar-refractivity contribution in [2.45, 2.75) is 26.4 Å². The number of carbonyl (C=O) groups is 1. The first kappa shape index (κ1) is 18.8. The molecule has 2 heterocycles. The molecule has 1 unspecified atom stereocenters. The predicted octanol–water partition coefficient (Wildman–Crippen LogP) is 4.25. The Hall–Kier alpha value is -3.54. The van der Waals surface area contributed by atoms with Gasteiger partial charge in [0.15, 0.2) is 0 Å². The molecule has 1 atom stereocenters. The highest BCUT2D eigenvalue weighted by atomic mass is 16.5. The van der Waals surface area contributed by atoms with Crippen molar-refractivity contribution in [1.29, 1.82) is 0 Å². The van der Waals surface area contributed by atoms with Crippen LogP contribution in [0.1, 0.15) is 25.0 Å². The molecule has 1 amide bonds. The van der Waals surface area contributed by atoms with Crippen LogP contribution in [0.25, 0.3) is 11.8 Å². The Morgan fingerprint density at radius 2 is 2.17 bits per heavy atom. The van der Waals surface area contributed by atoms with E-state index in [1.54, 1.807) is 17.0 Å². The smallest absolute Gasteiger partial charge is 0.248 e. The summed E-state index contributed by atoms with van der Waals surface area (Å²) < 4.78 is 13.3. The van der Waals surface area contributed by atoms with Gasteiger partial charge in [-0.2, -0.15) is 5.10 Å². The second-order valence-corrected chi connectivity index (χ2v) is 6.90. The number of anilines is 1. The minimum atomic E-state index is -0.246. The second kappa shape index (κ2) is 8.22. The standard InChI is InChI=1S/C23H23N3O3/c1-3-28-22-12-18-11-16(2)29-21(18)13-20(22)25-23(27)10-9-17-14-24-26(15-17)19-7-5-4-6-8-19/h4-10,12-16H,3,11H2,1-2H3,(H,25,27)/b10-9+. The molecule has 0 radical (unpaired) electrons.